The number of piperidine rings is 1. The van der Waals surface area contributed by atoms with Gasteiger partial charge in [0.05, 0.1) is 0 Å². The van der Waals surface area contributed by atoms with Gasteiger partial charge in [-0.05, 0) is 43.6 Å². The van der Waals surface area contributed by atoms with E-state index in [1.807, 2.05) is 12.1 Å². The van der Waals surface area contributed by atoms with Gasteiger partial charge >= 0.3 is 0 Å². The summed E-state index contributed by atoms with van der Waals surface area (Å²) in [6.45, 7) is 3.33. The number of nitriles is 1. The highest BCUT2D eigenvalue weighted by Crippen LogP contribution is 2.12. The molecule has 1 aromatic heterocycles. The van der Waals surface area contributed by atoms with Gasteiger partial charge in [-0.25, -0.2) is 4.98 Å². The van der Waals surface area contributed by atoms with Crippen molar-refractivity contribution in [3.63, 3.8) is 0 Å². The second-order valence-corrected chi connectivity index (χ2v) is 4.00. The maximum absolute atomic E-state index is 8.74. The van der Waals surface area contributed by atoms with Crippen molar-refractivity contribution in [2.45, 2.75) is 25.8 Å². The van der Waals surface area contributed by atoms with Gasteiger partial charge < -0.3 is 0 Å². The molecule has 3 heteroatoms. The Morgan fingerprint density at radius 3 is 2.87 bits per heavy atom. The Morgan fingerprint density at radius 2 is 2.13 bits per heavy atom. The first-order valence-electron chi connectivity index (χ1n) is 5.46. The molecule has 1 saturated heterocycles. The van der Waals surface area contributed by atoms with Crippen molar-refractivity contribution in [3.8, 4) is 6.07 Å². The Hall–Kier alpha value is -1.40. The molecule has 1 aliphatic heterocycles. The largest absolute Gasteiger partial charge is 0.299 e. The molecule has 0 aliphatic carbocycles. The molecule has 2 rings (SSSR count). The maximum atomic E-state index is 8.74. The molecule has 3 nitrogen and oxygen atoms in total. The molecule has 78 valence electrons. The minimum atomic E-state index is 0.518. The lowest BCUT2D eigenvalue weighted by atomic mass is 10.1. The van der Waals surface area contributed by atoms with E-state index >= 15 is 0 Å². The molecule has 0 aromatic carbocycles. The van der Waals surface area contributed by atoms with Crippen LogP contribution < -0.4 is 0 Å². The minimum Gasteiger partial charge on any atom is -0.299 e. The van der Waals surface area contributed by atoms with Gasteiger partial charge in [0.25, 0.3) is 0 Å². The lowest BCUT2D eigenvalue weighted by Crippen LogP contribution is -2.29. The number of aromatic nitrogens is 1. The summed E-state index contributed by atoms with van der Waals surface area (Å²) in [6.07, 6.45) is 5.68. The van der Waals surface area contributed by atoms with Crippen LogP contribution in [0.1, 0.15) is 30.5 Å². The molecule has 0 unspecified atom stereocenters. The predicted octanol–water partition coefficient (Wildman–Crippen LogP) is 1.94. The van der Waals surface area contributed by atoms with Crippen LogP contribution in [-0.2, 0) is 6.54 Å². The van der Waals surface area contributed by atoms with Gasteiger partial charge in [0.2, 0.25) is 0 Å². The van der Waals surface area contributed by atoms with Crippen molar-refractivity contribution in [2.75, 3.05) is 13.1 Å². The van der Waals surface area contributed by atoms with E-state index in [0.29, 0.717) is 5.69 Å². The second kappa shape index (κ2) is 4.90. The van der Waals surface area contributed by atoms with Crippen LogP contribution in [0.3, 0.4) is 0 Å². The minimum absolute atomic E-state index is 0.518. The molecule has 1 aliphatic rings. The molecule has 0 amide bonds. The molecule has 0 saturated carbocycles. The van der Waals surface area contributed by atoms with Crippen molar-refractivity contribution >= 4 is 0 Å². The molecule has 0 spiro atoms. The smallest absolute Gasteiger partial charge is 0.140 e. The van der Waals surface area contributed by atoms with Gasteiger partial charge in [-0.2, -0.15) is 5.26 Å². The molecular formula is C12H15N3. The van der Waals surface area contributed by atoms with Crippen molar-refractivity contribution in [3.05, 3.63) is 29.6 Å². The molecule has 0 bridgehead atoms. The van der Waals surface area contributed by atoms with E-state index in [4.69, 9.17) is 5.26 Å². The predicted molar refractivity (Wildman–Crippen MR) is 58.1 cm³/mol. The first kappa shape index (κ1) is 10.1. The highest BCUT2D eigenvalue weighted by Gasteiger charge is 2.10. The Labute approximate surface area is 90.4 Å². The molecule has 0 N–H and O–H groups in total. The van der Waals surface area contributed by atoms with Gasteiger partial charge in [0.15, 0.2) is 0 Å². The number of nitrogens with zero attached hydrogens (tertiary/aromatic N) is 3. The summed E-state index contributed by atoms with van der Waals surface area (Å²) in [5.41, 5.74) is 1.72. The molecule has 15 heavy (non-hydrogen) atoms. The van der Waals surface area contributed by atoms with Crippen LogP contribution >= 0.6 is 0 Å². The van der Waals surface area contributed by atoms with Crippen molar-refractivity contribution in [2.24, 2.45) is 0 Å². The normalized spacial score (nSPS) is 17.3. The van der Waals surface area contributed by atoms with Gasteiger partial charge in [-0.3, -0.25) is 4.90 Å². The van der Waals surface area contributed by atoms with E-state index in [0.717, 1.165) is 6.54 Å². The van der Waals surface area contributed by atoms with Gasteiger partial charge in [-0.1, -0.05) is 6.42 Å². The Kier molecular flexibility index (Phi) is 3.31. The molecule has 2 heterocycles. The van der Waals surface area contributed by atoms with Crippen LogP contribution in [0.4, 0.5) is 0 Å². The lowest BCUT2D eigenvalue weighted by molar-refractivity contribution is 0.221. The third-order valence-corrected chi connectivity index (χ3v) is 2.79. The zero-order valence-corrected chi connectivity index (χ0v) is 8.82. The summed E-state index contributed by atoms with van der Waals surface area (Å²) in [6, 6.07) is 5.95. The quantitative estimate of drug-likeness (QED) is 0.734. The van der Waals surface area contributed by atoms with Crippen molar-refractivity contribution < 1.29 is 0 Å². The van der Waals surface area contributed by atoms with Crippen molar-refractivity contribution in [1.29, 1.82) is 5.26 Å². The molecule has 1 aromatic rings. The monoisotopic (exact) mass is 201 g/mol. The van der Waals surface area contributed by atoms with Crippen LogP contribution in [0.25, 0.3) is 0 Å². The highest BCUT2D eigenvalue weighted by molar-refractivity contribution is 5.25. The summed E-state index contributed by atoms with van der Waals surface area (Å²) in [7, 11) is 0. The average molecular weight is 201 g/mol. The summed E-state index contributed by atoms with van der Waals surface area (Å²) in [5.74, 6) is 0. The topological polar surface area (TPSA) is 39.9 Å². The van der Waals surface area contributed by atoms with Gasteiger partial charge in [0.1, 0.15) is 11.8 Å². The first-order chi connectivity index (χ1) is 7.38. The van der Waals surface area contributed by atoms with Crippen LogP contribution in [0, 0.1) is 11.3 Å². The third-order valence-electron chi connectivity index (χ3n) is 2.79. The van der Waals surface area contributed by atoms with Crippen LogP contribution in [0.5, 0.6) is 0 Å². The summed E-state index contributed by atoms with van der Waals surface area (Å²) in [4.78, 5) is 6.42. The standard InChI is InChI=1S/C12H15N3/c13-9-12-8-11(4-5-14-12)10-15-6-2-1-3-7-15/h4-5,8H,1-3,6-7,10H2. The number of hydrogen-bond donors (Lipinski definition) is 0. The van der Waals surface area contributed by atoms with Crippen LogP contribution in [-0.4, -0.2) is 23.0 Å². The van der Waals surface area contributed by atoms with E-state index in [-0.39, 0.29) is 0 Å². The number of rotatable bonds is 2. The molecular weight excluding hydrogens is 186 g/mol. The van der Waals surface area contributed by atoms with Gasteiger partial charge in [0, 0.05) is 12.7 Å². The molecule has 1 fully saturated rings. The SMILES string of the molecule is N#Cc1cc(CN2CCCCC2)ccn1. The average Bonchev–Trinajstić information content (AvgIpc) is 2.31. The summed E-state index contributed by atoms with van der Waals surface area (Å²) < 4.78 is 0. The fourth-order valence-electron chi connectivity index (χ4n) is 2.01. The number of likely N-dealkylation sites (tertiary alicyclic amines) is 1. The van der Waals surface area contributed by atoms with Crippen LogP contribution in [0.15, 0.2) is 18.3 Å². The van der Waals surface area contributed by atoms with Gasteiger partial charge in [-0.15, -0.1) is 0 Å². The third kappa shape index (κ3) is 2.77. The van der Waals surface area contributed by atoms with Crippen molar-refractivity contribution in [1.82, 2.24) is 9.88 Å². The fourth-order valence-corrected chi connectivity index (χ4v) is 2.01. The van der Waals surface area contributed by atoms with E-state index in [1.54, 1.807) is 6.20 Å². The summed E-state index contributed by atoms with van der Waals surface area (Å²) >= 11 is 0. The number of pyridine rings is 1. The van der Waals surface area contributed by atoms with E-state index in [1.165, 1.54) is 37.9 Å². The van der Waals surface area contributed by atoms with E-state index in [2.05, 4.69) is 16.0 Å². The molecule has 0 radical (unpaired) electrons. The summed E-state index contributed by atoms with van der Waals surface area (Å²) in [5, 5.41) is 8.74. The zero-order valence-electron chi connectivity index (χ0n) is 8.82. The number of hydrogen-bond acceptors (Lipinski definition) is 3. The second-order valence-electron chi connectivity index (χ2n) is 4.00. The Balaban J connectivity index is 2.00. The fraction of sp³-hybridized carbons (Fsp3) is 0.500. The molecule has 0 atom stereocenters. The lowest BCUT2D eigenvalue weighted by Gasteiger charge is -2.26. The van der Waals surface area contributed by atoms with Crippen LogP contribution in [0.2, 0.25) is 0 Å². The Morgan fingerprint density at radius 1 is 1.33 bits per heavy atom. The maximum Gasteiger partial charge on any atom is 0.140 e. The van der Waals surface area contributed by atoms with E-state index in [9.17, 15) is 0 Å². The highest BCUT2D eigenvalue weighted by atomic mass is 15.1. The zero-order chi connectivity index (χ0) is 10.5. The van der Waals surface area contributed by atoms with E-state index < -0.39 is 0 Å². The Bertz CT molecular complexity index is 361. The first-order valence-corrected chi connectivity index (χ1v) is 5.46.